The molecule has 2 aromatic carbocycles. The molecule has 2 aromatic heterocycles. The summed E-state index contributed by atoms with van der Waals surface area (Å²) in [4.78, 5) is 21.3. The molecule has 0 aliphatic heterocycles. The number of nitrogens with one attached hydrogen (secondary N) is 1. The zero-order valence-corrected chi connectivity index (χ0v) is 15.6. The second-order valence-electron chi connectivity index (χ2n) is 7.35. The molecule has 4 aromatic rings. The molecule has 1 aliphatic rings. The highest BCUT2D eigenvalue weighted by Gasteiger charge is 2.43. The van der Waals surface area contributed by atoms with Gasteiger partial charge in [0, 0.05) is 18.7 Å². The Hall–Kier alpha value is -3.54. The topological polar surface area (TPSA) is 59.8 Å². The molecule has 1 aliphatic carbocycles. The van der Waals surface area contributed by atoms with Gasteiger partial charge < -0.3 is 5.32 Å². The number of benzene rings is 2. The number of amides is 1. The Morgan fingerprint density at radius 3 is 2.69 bits per heavy atom. The Balaban J connectivity index is 1.21. The Morgan fingerprint density at radius 1 is 1.07 bits per heavy atom. The van der Waals surface area contributed by atoms with Crippen molar-refractivity contribution in [2.24, 2.45) is 5.92 Å². The third-order valence-electron chi connectivity index (χ3n) is 5.40. The maximum atomic E-state index is 13.0. The van der Waals surface area contributed by atoms with Crippen LogP contribution in [0.1, 0.15) is 23.5 Å². The molecule has 1 fully saturated rings. The molecule has 0 bridgehead atoms. The summed E-state index contributed by atoms with van der Waals surface area (Å²) in [6.07, 6.45) is 4.34. The van der Waals surface area contributed by atoms with Gasteiger partial charge >= 0.3 is 0 Å². The van der Waals surface area contributed by atoms with Crippen LogP contribution in [-0.2, 0) is 11.3 Å². The highest BCUT2D eigenvalue weighted by molar-refractivity contribution is 5.82. The second kappa shape index (κ2) is 7.13. The smallest absolute Gasteiger partial charge is 0.224 e. The van der Waals surface area contributed by atoms with Crippen molar-refractivity contribution in [2.45, 2.75) is 18.9 Å². The summed E-state index contributed by atoms with van der Waals surface area (Å²) in [5, 5.41) is 2.98. The molecular weight excluding hydrogens is 367 g/mol. The maximum absolute atomic E-state index is 13.0. The van der Waals surface area contributed by atoms with Crippen LogP contribution in [0.15, 0.2) is 73.2 Å². The molecule has 29 heavy (non-hydrogen) atoms. The highest BCUT2D eigenvalue weighted by atomic mass is 19.1. The van der Waals surface area contributed by atoms with Crippen LogP contribution in [0.5, 0.6) is 0 Å². The molecule has 144 valence electrons. The quantitative estimate of drug-likeness (QED) is 0.564. The molecule has 5 nitrogen and oxygen atoms in total. The van der Waals surface area contributed by atoms with E-state index in [-0.39, 0.29) is 23.6 Å². The Kier molecular flexibility index (Phi) is 4.31. The summed E-state index contributed by atoms with van der Waals surface area (Å²) < 4.78 is 15.0. The molecule has 2 heterocycles. The summed E-state index contributed by atoms with van der Waals surface area (Å²) in [5.74, 6) is 0.710. The van der Waals surface area contributed by atoms with Crippen LogP contribution >= 0.6 is 0 Å². The van der Waals surface area contributed by atoms with Gasteiger partial charge in [0.05, 0.1) is 11.0 Å². The Labute approximate surface area is 167 Å². The SMILES string of the molecule is O=C(NCc1ccc(-n2cnc3ccccc32)nc1)C1CC1c1ccc(F)cc1. The van der Waals surface area contributed by atoms with Crippen molar-refractivity contribution < 1.29 is 9.18 Å². The van der Waals surface area contributed by atoms with Crippen molar-refractivity contribution in [3.8, 4) is 5.82 Å². The van der Waals surface area contributed by atoms with E-state index in [9.17, 15) is 9.18 Å². The van der Waals surface area contributed by atoms with Gasteiger partial charge in [0.2, 0.25) is 5.91 Å². The molecule has 6 heteroatoms. The molecule has 0 radical (unpaired) electrons. The van der Waals surface area contributed by atoms with Crippen molar-refractivity contribution in [3.63, 3.8) is 0 Å². The number of nitrogens with zero attached hydrogens (tertiary/aromatic N) is 3. The molecule has 5 rings (SSSR count). The van der Waals surface area contributed by atoms with E-state index in [0.29, 0.717) is 6.54 Å². The van der Waals surface area contributed by atoms with E-state index < -0.39 is 0 Å². The van der Waals surface area contributed by atoms with Crippen molar-refractivity contribution in [1.82, 2.24) is 19.9 Å². The summed E-state index contributed by atoms with van der Waals surface area (Å²) in [5.41, 5.74) is 3.88. The summed E-state index contributed by atoms with van der Waals surface area (Å²) in [6, 6.07) is 18.2. The van der Waals surface area contributed by atoms with E-state index in [1.165, 1.54) is 12.1 Å². The molecule has 2 atom stereocenters. The van der Waals surface area contributed by atoms with Crippen molar-refractivity contribution >= 4 is 16.9 Å². The first-order chi connectivity index (χ1) is 14.2. The van der Waals surface area contributed by atoms with E-state index >= 15 is 0 Å². The number of carbonyl (C=O) groups excluding carboxylic acids is 1. The number of halogens is 1. The first kappa shape index (κ1) is 17.6. The lowest BCUT2D eigenvalue weighted by Gasteiger charge is -2.07. The van der Waals surface area contributed by atoms with E-state index in [4.69, 9.17) is 0 Å². The normalized spacial score (nSPS) is 18.0. The second-order valence-corrected chi connectivity index (χ2v) is 7.35. The predicted octanol–water partition coefficient (Wildman–Crippen LogP) is 3.98. The number of hydrogen-bond acceptors (Lipinski definition) is 3. The number of fused-ring (bicyclic) bond motifs is 1. The van der Waals surface area contributed by atoms with Gasteiger partial charge in [-0.15, -0.1) is 0 Å². The zero-order valence-electron chi connectivity index (χ0n) is 15.6. The Bertz CT molecular complexity index is 1170. The summed E-state index contributed by atoms with van der Waals surface area (Å²) in [6.45, 7) is 0.434. The van der Waals surface area contributed by atoms with E-state index in [1.807, 2.05) is 41.0 Å². The molecule has 0 spiro atoms. The van der Waals surface area contributed by atoms with Gasteiger partial charge in [0.1, 0.15) is 18.0 Å². The summed E-state index contributed by atoms with van der Waals surface area (Å²) in [7, 11) is 0. The molecule has 1 N–H and O–H groups in total. The van der Waals surface area contributed by atoms with E-state index in [0.717, 1.165) is 34.4 Å². The minimum atomic E-state index is -0.255. The van der Waals surface area contributed by atoms with Crippen LogP contribution in [0, 0.1) is 11.7 Å². The Morgan fingerprint density at radius 2 is 1.90 bits per heavy atom. The first-order valence-electron chi connectivity index (χ1n) is 9.59. The minimum Gasteiger partial charge on any atom is -0.352 e. The average Bonchev–Trinajstić information content (AvgIpc) is 3.44. The third kappa shape index (κ3) is 3.49. The van der Waals surface area contributed by atoms with E-state index in [1.54, 1.807) is 24.7 Å². The van der Waals surface area contributed by atoms with Gasteiger partial charge in [-0.2, -0.15) is 0 Å². The average molecular weight is 386 g/mol. The van der Waals surface area contributed by atoms with Crippen LogP contribution < -0.4 is 5.32 Å². The lowest BCUT2D eigenvalue weighted by Crippen LogP contribution is -2.25. The van der Waals surface area contributed by atoms with Crippen molar-refractivity contribution in [1.29, 1.82) is 0 Å². The van der Waals surface area contributed by atoms with Crippen molar-refractivity contribution in [3.05, 3.63) is 90.1 Å². The van der Waals surface area contributed by atoms with Crippen LogP contribution in [-0.4, -0.2) is 20.4 Å². The number of aromatic nitrogens is 3. The number of pyridine rings is 1. The maximum Gasteiger partial charge on any atom is 0.224 e. The molecule has 1 amide bonds. The fourth-order valence-corrected chi connectivity index (χ4v) is 3.69. The van der Waals surface area contributed by atoms with Gasteiger partial charge in [0.25, 0.3) is 0 Å². The zero-order chi connectivity index (χ0) is 19.8. The predicted molar refractivity (Wildman–Crippen MR) is 108 cm³/mol. The lowest BCUT2D eigenvalue weighted by atomic mass is 10.1. The number of imidazole rings is 1. The van der Waals surface area contributed by atoms with Crippen LogP contribution in [0.4, 0.5) is 4.39 Å². The van der Waals surface area contributed by atoms with Gasteiger partial charge in [-0.25, -0.2) is 14.4 Å². The van der Waals surface area contributed by atoms with Gasteiger partial charge in [-0.3, -0.25) is 9.36 Å². The largest absolute Gasteiger partial charge is 0.352 e. The number of carbonyl (C=O) groups is 1. The molecule has 1 saturated carbocycles. The molecule has 2 unspecified atom stereocenters. The first-order valence-corrected chi connectivity index (χ1v) is 9.59. The molecule has 0 saturated heterocycles. The van der Waals surface area contributed by atoms with Crippen molar-refractivity contribution in [2.75, 3.05) is 0 Å². The number of rotatable bonds is 5. The van der Waals surface area contributed by atoms with Crippen LogP contribution in [0.2, 0.25) is 0 Å². The fraction of sp³-hybridized carbons (Fsp3) is 0.174. The lowest BCUT2D eigenvalue weighted by molar-refractivity contribution is -0.122. The van der Waals surface area contributed by atoms with Crippen LogP contribution in [0.25, 0.3) is 16.9 Å². The number of para-hydroxylation sites is 2. The molecular formula is C23H19FN4O. The highest BCUT2D eigenvalue weighted by Crippen LogP contribution is 2.47. The standard InChI is InChI=1S/C23H19FN4O/c24-17-8-6-16(7-9-17)18-11-19(18)23(29)26-13-15-5-10-22(25-12-15)28-14-27-20-3-1-2-4-21(20)28/h1-10,12,14,18-19H,11,13H2,(H,26,29). The van der Waals surface area contributed by atoms with E-state index in [2.05, 4.69) is 15.3 Å². The summed E-state index contributed by atoms with van der Waals surface area (Å²) >= 11 is 0. The van der Waals surface area contributed by atoms with Gasteiger partial charge in [-0.1, -0.05) is 30.3 Å². The van der Waals surface area contributed by atoms with Crippen LogP contribution in [0.3, 0.4) is 0 Å². The fourth-order valence-electron chi connectivity index (χ4n) is 3.69. The monoisotopic (exact) mass is 386 g/mol. The van der Waals surface area contributed by atoms with Gasteiger partial charge in [-0.05, 0) is 53.8 Å². The minimum absolute atomic E-state index is 0.0315. The third-order valence-corrected chi connectivity index (χ3v) is 5.40. The number of hydrogen-bond donors (Lipinski definition) is 1. The van der Waals surface area contributed by atoms with Gasteiger partial charge in [0.15, 0.2) is 0 Å².